The number of aromatic nitrogens is 1. The monoisotopic (exact) mass is 229 g/mol. The lowest BCUT2D eigenvalue weighted by atomic mass is 10.2. The number of ether oxygens (including phenoxy) is 1. The highest BCUT2D eigenvalue weighted by Crippen LogP contribution is 2.22. The van der Waals surface area contributed by atoms with E-state index >= 15 is 0 Å². The van der Waals surface area contributed by atoms with E-state index in [1.807, 2.05) is 30.3 Å². The van der Waals surface area contributed by atoms with Crippen LogP contribution < -0.4 is 4.74 Å². The minimum absolute atomic E-state index is 0.155. The smallest absolute Gasteiger partial charge is 0.337 e. The molecule has 86 valence electrons. The van der Waals surface area contributed by atoms with Crippen molar-refractivity contribution in [3.63, 3.8) is 0 Å². The Morgan fingerprint density at radius 3 is 2.59 bits per heavy atom. The van der Waals surface area contributed by atoms with Gasteiger partial charge in [-0.15, -0.1) is 0 Å². The van der Waals surface area contributed by atoms with E-state index in [2.05, 4.69) is 4.98 Å². The van der Waals surface area contributed by atoms with Gasteiger partial charge in [0, 0.05) is 11.8 Å². The standard InChI is InChI=1S/C13H11NO3/c1-9-7-10(13(15)16)8-14-12(9)17-11-5-3-2-4-6-11/h2-8H,1H3,(H,15,16). The van der Waals surface area contributed by atoms with Gasteiger partial charge in [-0.1, -0.05) is 18.2 Å². The number of hydrogen-bond donors (Lipinski definition) is 1. The van der Waals surface area contributed by atoms with Gasteiger partial charge in [0.2, 0.25) is 5.88 Å². The molecule has 1 heterocycles. The molecule has 0 aliphatic rings. The van der Waals surface area contributed by atoms with Gasteiger partial charge in [-0.3, -0.25) is 0 Å². The molecule has 0 aliphatic carbocycles. The summed E-state index contributed by atoms with van der Waals surface area (Å²) < 4.78 is 5.54. The van der Waals surface area contributed by atoms with Crippen LogP contribution in [0.4, 0.5) is 0 Å². The number of benzene rings is 1. The molecule has 0 radical (unpaired) electrons. The molecule has 0 spiro atoms. The number of carboxylic acids is 1. The number of para-hydroxylation sites is 1. The maximum absolute atomic E-state index is 10.7. The molecule has 0 saturated heterocycles. The number of pyridine rings is 1. The predicted molar refractivity (Wildman–Crippen MR) is 62.4 cm³/mol. The fourth-order valence-electron chi connectivity index (χ4n) is 1.39. The number of nitrogens with zero attached hydrogens (tertiary/aromatic N) is 1. The Hall–Kier alpha value is -2.36. The van der Waals surface area contributed by atoms with Crippen LogP contribution in [-0.2, 0) is 0 Å². The predicted octanol–water partition coefficient (Wildman–Crippen LogP) is 2.88. The first-order valence-electron chi connectivity index (χ1n) is 5.09. The first-order valence-corrected chi connectivity index (χ1v) is 5.09. The highest BCUT2D eigenvalue weighted by atomic mass is 16.5. The van der Waals surface area contributed by atoms with Crippen LogP contribution in [0.1, 0.15) is 15.9 Å². The van der Waals surface area contributed by atoms with E-state index in [-0.39, 0.29) is 5.56 Å². The normalized spacial score (nSPS) is 9.94. The summed E-state index contributed by atoms with van der Waals surface area (Å²) in [5.74, 6) is 0.0965. The van der Waals surface area contributed by atoms with Crippen molar-refractivity contribution in [1.29, 1.82) is 0 Å². The molecule has 0 aliphatic heterocycles. The van der Waals surface area contributed by atoms with Crippen molar-refractivity contribution < 1.29 is 14.6 Å². The van der Waals surface area contributed by atoms with Crippen molar-refractivity contribution in [1.82, 2.24) is 4.98 Å². The average molecular weight is 229 g/mol. The summed E-state index contributed by atoms with van der Waals surface area (Å²) in [6.07, 6.45) is 1.29. The first-order chi connectivity index (χ1) is 8.16. The third-order valence-corrected chi connectivity index (χ3v) is 2.23. The molecule has 4 nitrogen and oxygen atoms in total. The second-order valence-electron chi connectivity index (χ2n) is 3.57. The van der Waals surface area contributed by atoms with Crippen LogP contribution in [0.5, 0.6) is 11.6 Å². The topological polar surface area (TPSA) is 59.4 Å². The van der Waals surface area contributed by atoms with Crippen molar-refractivity contribution in [2.75, 3.05) is 0 Å². The Bertz CT molecular complexity index is 538. The Morgan fingerprint density at radius 2 is 2.00 bits per heavy atom. The van der Waals surface area contributed by atoms with Gasteiger partial charge < -0.3 is 9.84 Å². The fourth-order valence-corrected chi connectivity index (χ4v) is 1.39. The zero-order chi connectivity index (χ0) is 12.3. The van der Waals surface area contributed by atoms with Gasteiger partial charge in [0.15, 0.2) is 0 Å². The maximum Gasteiger partial charge on any atom is 0.337 e. The van der Waals surface area contributed by atoms with Crippen LogP contribution in [0.3, 0.4) is 0 Å². The molecule has 0 fully saturated rings. The van der Waals surface area contributed by atoms with Crippen LogP contribution in [0.15, 0.2) is 42.6 Å². The second kappa shape index (κ2) is 4.65. The SMILES string of the molecule is Cc1cc(C(=O)O)cnc1Oc1ccccc1. The lowest BCUT2D eigenvalue weighted by Gasteiger charge is -2.07. The van der Waals surface area contributed by atoms with Crippen LogP contribution in [0.2, 0.25) is 0 Å². The molecule has 2 rings (SSSR count). The molecule has 17 heavy (non-hydrogen) atoms. The molecule has 4 heteroatoms. The lowest BCUT2D eigenvalue weighted by Crippen LogP contribution is -1.99. The summed E-state index contributed by atoms with van der Waals surface area (Å²) in [6, 6.07) is 10.8. The van der Waals surface area contributed by atoms with E-state index in [1.54, 1.807) is 6.92 Å². The lowest BCUT2D eigenvalue weighted by molar-refractivity contribution is 0.0696. The number of rotatable bonds is 3. The summed E-state index contributed by atoms with van der Waals surface area (Å²) >= 11 is 0. The molecule has 0 amide bonds. The molecule has 0 saturated carbocycles. The molecular weight excluding hydrogens is 218 g/mol. The van der Waals surface area contributed by atoms with Gasteiger partial charge in [0.05, 0.1) is 5.56 Å². The summed E-state index contributed by atoms with van der Waals surface area (Å²) in [5, 5.41) is 8.81. The van der Waals surface area contributed by atoms with Crippen molar-refractivity contribution in [3.05, 3.63) is 53.7 Å². The number of hydrogen-bond acceptors (Lipinski definition) is 3. The Balaban J connectivity index is 2.26. The van der Waals surface area contributed by atoms with Crippen LogP contribution in [0, 0.1) is 6.92 Å². The second-order valence-corrected chi connectivity index (χ2v) is 3.57. The van der Waals surface area contributed by atoms with Crippen LogP contribution >= 0.6 is 0 Å². The maximum atomic E-state index is 10.7. The molecule has 1 N–H and O–H groups in total. The summed E-state index contributed by atoms with van der Waals surface area (Å²) in [7, 11) is 0. The Kier molecular flexibility index (Phi) is 3.05. The van der Waals surface area contributed by atoms with Crippen molar-refractivity contribution in [2.45, 2.75) is 6.92 Å². The number of aryl methyl sites for hydroxylation is 1. The molecule has 1 aromatic carbocycles. The van der Waals surface area contributed by atoms with Crippen LogP contribution in [0.25, 0.3) is 0 Å². The van der Waals surface area contributed by atoms with Gasteiger partial charge in [-0.25, -0.2) is 9.78 Å². The summed E-state index contributed by atoms with van der Waals surface area (Å²) in [5.41, 5.74) is 0.844. The van der Waals surface area contributed by atoms with Gasteiger partial charge in [-0.05, 0) is 25.1 Å². The molecule has 0 unspecified atom stereocenters. The summed E-state index contributed by atoms with van der Waals surface area (Å²) in [6.45, 7) is 1.76. The summed E-state index contributed by atoms with van der Waals surface area (Å²) in [4.78, 5) is 14.7. The molecule has 0 atom stereocenters. The van der Waals surface area contributed by atoms with E-state index in [1.165, 1.54) is 12.3 Å². The largest absolute Gasteiger partial charge is 0.478 e. The zero-order valence-corrected chi connectivity index (χ0v) is 9.25. The van der Waals surface area contributed by atoms with Crippen molar-refractivity contribution >= 4 is 5.97 Å². The first kappa shape index (κ1) is 11.1. The van der Waals surface area contributed by atoms with E-state index in [0.29, 0.717) is 17.2 Å². The highest BCUT2D eigenvalue weighted by molar-refractivity contribution is 5.87. The number of aromatic carboxylic acids is 1. The van der Waals surface area contributed by atoms with Crippen molar-refractivity contribution in [2.24, 2.45) is 0 Å². The van der Waals surface area contributed by atoms with Gasteiger partial charge in [-0.2, -0.15) is 0 Å². The van der Waals surface area contributed by atoms with Gasteiger partial charge in [0.25, 0.3) is 0 Å². The number of carboxylic acid groups (broad SMARTS) is 1. The van der Waals surface area contributed by atoms with E-state index in [4.69, 9.17) is 9.84 Å². The molecule has 2 aromatic rings. The number of carbonyl (C=O) groups is 1. The van der Waals surface area contributed by atoms with Crippen molar-refractivity contribution in [3.8, 4) is 11.6 Å². The van der Waals surface area contributed by atoms with E-state index in [0.717, 1.165) is 0 Å². The third kappa shape index (κ3) is 2.60. The molecule has 1 aromatic heterocycles. The van der Waals surface area contributed by atoms with E-state index in [9.17, 15) is 4.79 Å². The molecular formula is C13H11NO3. The average Bonchev–Trinajstić information content (AvgIpc) is 2.33. The minimum atomic E-state index is -0.994. The quantitative estimate of drug-likeness (QED) is 0.879. The zero-order valence-electron chi connectivity index (χ0n) is 9.25. The van der Waals surface area contributed by atoms with E-state index < -0.39 is 5.97 Å². The Morgan fingerprint density at radius 1 is 1.29 bits per heavy atom. The van der Waals surface area contributed by atoms with Gasteiger partial charge >= 0.3 is 5.97 Å². The molecule has 0 bridgehead atoms. The van der Waals surface area contributed by atoms with Crippen LogP contribution in [-0.4, -0.2) is 16.1 Å². The fraction of sp³-hybridized carbons (Fsp3) is 0.0769. The Labute approximate surface area is 98.5 Å². The third-order valence-electron chi connectivity index (χ3n) is 2.23. The van der Waals surface area contributed by atoms with Gasteiger partial charge in [0.1, 0.15) is 5.75 Å². The minimum Gasteiger partial charge on any atom is -0.478 e. The highest BCUT2D eigenvalue weighted by Gasteiger charge is 2.08.